The quantitative estimate of drug-likeness (QED) is 0.647. The van der Waals surface area contributed by atoms with Gasteiger partial charge in [-0.05, 0) is 19.1 Å². The van der Waals surface area contributed by atoms with Crippen molar-refractivity contribution < 1.29 is 9.72 Å². The van der Waals surface area contributed by atoms with Crippen LogP contribution in [-0.4, -0.2) is 20.6 Å². The second kappa shape index (κ2) is 5.00. The minimum absolute atomic E-state index is 0.0881. The minimum Gasteiger partial charge on any atom is -0.366 e. The first-order valence-electron chi connectivity index (χ1n) is 5.74. The monoisotopic (exact) mass is 275 g/mol. The van der Waals surface area contributed by atoms with E-state index in [-0.39, 0.29) is 16.9 Å². The number of nitro benzene ring substituents is 1. The van der Waals surface area contributed by atoms with Gasteiger partial charge in [0, 0.05) is 24.9 Å². The van der Waals surface area contributed by atoms with E-state index >= 15 is 0 Å². The predicted molar refractivity (Wildman–Crippen MR) is 72.8 cm³/mol. The molecule has 0 aliphatic heterocycles. The molecular formula is C12H13N5O3. The number of anilines is 2. The molecule has 0 aliphatic rings. The highest BCUT2D eigenvalue weighted by Crippen LogP contribution is 2.29. The number of primary amides is 1. The third kappa shape index (κ3) is 2.58. The fourth-order valence-electron chi connectivity index (χ4n) is 1.81. The molecule has 2 aromatic rings. The van der Waals surface area contributed by atoms with E-state index in [1.54, 1.807) is 24.9 Å². The van der Waals surface area contributed by atoms with Gasteiger partial charge >= 0.3 is 0 Å². The Morgan fingerprint density at radius 2 is 2.15 bits per heavy atom. The summed E-state index contributed by atoms with van der Waals surface area (Å²) in [6.07, 6.45) is 1.71. The molecule has 0 saturated carbocycles. The smallest absolute Gasteiger partial charge is 0.293 e. The molecule has 1 aromatic carbocycles. The van der Waals surface area contributed by atoms with Crippen LogP contribution in [0, 0.1) is 17.0 Å². The number of nitro groups is 1. The molecule has 0 fully saturated rings. The lowest BCUT2D eigenvalue weighted by molar-refractivity contribution is -0.383. The van der Waals surface area contributed by atoms with Crippen molar-refractivity contribution in [2.45, 2.75) is 6.92 Å². The van der Waals surface area contributed by atoms with Crippen LogP contribution in [-0.2, 0) is 7.05 Å². The van der Waals surface area contributed by atoms with Crippen molar-refractivity contribution in [3.63, 3.8) is 0 Å². The minimum atomic E-state index is -0.711. The summed E-state index contributed by atoms with van der Waals surface area (Å²) < 4.78 is 1.60. The van der Waals surface area contributed by atoms with E-state index in [1.165, 1.54) is 12.1 Å². The number of benzene rings is 1. The van der Waals surface area contributed by atoms with Crippen LogP contribution < -0.4 is 11.1 Å². The molecule has 0 unspecified atom stereocenters. The van der Waals surface area contributed by atoms with Gasteiger partial charge in [0.1, 0.15) is 5.69 Å². The molecule has 0 atom stereocenters. The third-order valence-electron chi connectivity index (χ3n) is 2.76. The summed E-state index contributed by atoms with van der Waals surface area (Å²) in [7, 11) is 1.75. The van der Waals surface area contributed by atoms with Crippen LogP contribution in [0.15, 0.2) is 24.4 Å². The highest BCUT2D eigenvalue weighted by atomic mass is 16.6. The number of hydrogen-bond donors (Lipinski definition) is 2. The van der Waals surface area contributed by atoms with E-state index in [0.29, 0.717) is 11.4 Å². The van der Waals surface area contributed by atoms with Gasteiger partial charge in [0.05, 0.1) is 16.3 Å². The van der Waals surface area contributed by atoms with Crippen LogP contribution in [0.25, 0.3) is 0 Å². The van der Waals surface area contributed by atoms with Gasteiger partial charge in [-0.25, -0.2) is 0 Å². The van der Waals surface area contributed by atoms with E-state index in [0.717, 1.165) is 6.07 Å². The van der Waals surface area contributed by atoms with Crippen molar-refractivity contribution in [1.82, 2.24) is 9.78 Å². The van der Waals surface area contributed by atoms with Crippen LogP contribution in [0.2, 0.25) is 0 Å². The van der Waals surface area contributed by atoms with Gasteiger partial charge in [-0.3, -0.25) is 19.6 Å². The Balaban J connectivity index is 2.43. The van der Waals surface area contributed by atoms with Crippen molar-refractivity contribution in [2.24, 2.45) is 12.8 Å². The third-order valence-corrected chi connectivity index (χ3v) is 2.76. The number of aromatic nitrogens is 2. The van der Waals surface area contributed by atoms with Crippen LogP contribution in [0.3, 0.4) is 0 Å². The largest absolute Gasteiger partial charge is 0.366 e. The number of aryl methyl sites for hydroxylation is 2. The van der Waals surface area contributed by atoms with Crippen LogP contribution >= 0.6 is 0 Å². The molecule has 8 heteroatoms. The SMILES string of the molecule is Cc1nn(C)cc1Nc1ccc(C(N)=O)cc1[N+](=O)[O-]. The van der Waals surface area contributed by atoms with Crippen LogP contribution in [0.5, 0.6) is 0 Å². The van der Waals surface area contributed by atoms with Gasteiger partial charge in [-0.15, -0.1) is 0 Å². The van der Waals surface area contributed by atoms with Crippen LogP contribution in [0.1, 0.15) is 16.1 Å². The molecule has 1 aromatic heterocycles. The number of nitrogens with zero attached hydrogens (tertiary/aromatic N) is 3. The first-order valence-corrected chi connectivity index (χ1v) is 5.74. The molecule has 0 saturated heterocycles. The van der Waals surface area contributed by atoms with E-state index < -0.39 is 10.8 Å². The number of hydrogen-bond acceptors (Lipinski definition) is 5. The Bertz CT molecular complexity index is 692. The highest BCUT2D eigenvalue weighted by Gasteiger charge is 2.17. The average molecular weight is 275 g/mol. The number of carbonyl (C=O) groups excluding carboxylic acids is 1. The molecule has 0 spiro atoms. The van der Waals surface area contributed by atoms with Gasteiger partial charge in [-0.2, -0.15) is 5.10 Å². The summed E-state index contributed by atoms with van der Waals surface area (Å²) in [5.74, 6) is -0.711. The second-order valence-electron chi connectivity index (χ2n) is 4.28. The zero-order valence-electron chi connectivity index (χ0n) is 11.0. The van der Waals surface area contributed by atoms with Crippen molar-refractivity contribution in [3.8, 4) is 0 Å². The Kier molecular flexibility index (Phi) is 3.38. The topological polar surface area (TPSA) is 116 Å². The molecule has 0 radical (unpaired) electrons. The zero-order valence-corrected chi connectivity index (χ0v) is 11.0. The molecule has 2 rings (SSSR count). The summed E-state index contributed by atoms with van der Waals surface area (Å²) in [5.41, 5.74) is 6.63. The normalized spacial score (nSPS) is 10.3. The van der Waals surface area contributed by atoms with E-state index in [4.69, 9.17) is 5.73 Å². The van der Waals surface area contributed by atoms with Crippen molar-refractivity contribution in [3.05, 3.63) is 45.8 Å². The zero-order chi connectivity index (χ0) is 14.9. The maximum atomic E-state index is 11.1. The molecule has 0 aliphatic carbocycles. The summed E-state index contributed by atoms with van der Waals surface area (Å²) in [6, 6.07) is 4.03. The van der Waals surface area contributed by atoms with Gasteiger partial charge in [0.25, 0.3) is 5.69 Å². The number of nitrogens with one attached hydrogen (secondary N) is 1. The number of rotatable bonds is 4. The van der Waals surface area contributed by atoms with Crippen molar-refractivity contribution >= 4 is 23.0 Å². The van der Waals surface area contributed by atoms with Crippen LogP contribution in [0.4, 0.5) is 17.1 Å². The van der Waals surface area contributed by atoms with Gasteiger partial charge < -0.3 is 11.1 Å². The lowest BCUT2D eigenvalue weighted by Crippen LogP contribution is -2.11. The standard InChI is InChI=1S/C12H13N5O3/c1-7-10(6-16(2)15-7)14-9-4-3-8(12(13)18)5-11(9)17(19)20/h3-6,14H,1-2H3,(H2,13,18). The summed E-state index contributed by atoms with van der Waals surface area (Å²) in [5, 5.41) is 18.1. The van der Waals surface area contributed by atoms with Gasteiger partial charge in [0.2, 0.25) is 5.91 Å². The summed E-state index contributed by atoms with van der Waals surface area (Å²) >= 11 is 0. The van der Waals surface area contributed by atoms with Gasteiger partial charge in [-0.1, -0.05) is 0 Å². The first kappa shape index (κ1) is 13.5. The Morgan fingerprint density at radius 1 is 1.45 bits per heavy atom. The fourth-order valence-corrected chi connectivity index (χ4v) is 1.81. The highest BCUT2D eigenvalue weighted by molar-refractivity contribution is 5.94. The average Bonchev–Trinajstić information content (AvgIpc) is 2.67. The van der Waals surface area contributed by atoms with E-state index in [2.05, 4.69) is 10.4 Å². The van der Waals surface area contributed by atoms with Crippen molar-refractivity contribution in [1.29, 1.82) is 0 Å². The molecule has 1 heterocycles. The van der Waals surface area contributed by atoms with E-state index in [1.807, 2.05) is 0 Å². The predicted octanol–water partition coefficient (Wildman–Crippen LogP) is 1.48. The number of carbonyl (C=O) groups is 1. The van der Waals surface area contributed by atoms with Gasteiger partial charge in [0.15, 0.2) is 0 Å². The summed E-state index contributed by atoms with van der Waals surface area (Å²) in [6.45, 7) is 1.78. The molecule has 8 nitrogen and oxygen atoms in total. The van der Waals surface area contributed by atoms with Crippen molar-refractivity contribution in [2.75, 3.05) is 5.32 Å². The lowest BCUT2D eigenvalue weighted by atomic mass is 10.1. The first-order chi connectivity index (χ1) is 9.38. The maximum absolute atomic E-state index is 11.1. The Labute approximate surface area is 114 Å². The molecule has 20 heavy (non-hydrogen) atoms. The Morgan fingerprint density at radius 3 is 2.65 bits per heavy atom. The summed E-state index contributed by atoms with van der Waals surface area (Å²) in [4.78, 5) is 21.6. The fraction of sp³-hybridized carbons (Fsp3) is 0.167. The molecule has 0 bridgehead atoms. The molecular weight excluding hydrogens is 262 g/mol. The Hall–Kier alpha value is -2.90. The van der Waals surface area contributed by atoms with E-state index in [9.17, 15) is 14.9 Å². The number of nitrogens with two attached hydrogens (primary N) is 1. The molecule has 104 valence electrons. The lowest BCUT2D eigenvalue weighted by Gasteiger charge is -2.06. The molecule has 3 N–H and O–H groups in total. The second-order valence-corrected chi connectivity index (χ2v) is 4.28. The maximum Gasteiger partial charge on any atom is 0.293 e. The number of amides is 1. The molecule has 1 amide bonds.